The number of amides is 2. The van der Waals surface area contributed by atoms with Crippen LogP contribution in [0.15, 0.2) is 18.2 Å². The van der Waals surface area contributed by atoms with E-state index < -0.39 is 0 Å². The molecule has 1 fully saturated rings. The maximum atomic E-state index is 13.1. The molecule has 0 bridgehead atoms. The van der Waals surface area contributed by atoms with Crippen LogP contribution >= 0.6 is 0 Å². The van der Waals surface area contributed by atoms with Crippen molar-refractivity contribution in [2.75, 3.05) is 12.4 Å². The Morgan fingerprint density at radius 1 is 1.00 bits per heavy atom. The number of urea groups is 1. The summed E-state index contributed by atoms with van der Waals surface area (Å²) in [5, 5.41) is 3.27. The van der Waals surface area contributed by atoms with Crippen LogP contribution in [0.1, 0.15) is 97.1 Å². The van der Waals surface area contributed by atoms with Gasteiger partial charge in [-0.25, -0.2) is 4.79 Å². The Hall–Kier alpha value is -1.51. The van der Waals surface area contributed by atoms with E-state index in [0.717, 1.165) is 24.4 Å². The average Bonchev–Trinajstić information content (AvgIpc) is 2.60. The highest BCUT2D eigenvalue weighted by molar-refractivity contribution is 5.91. The number of nitrogens with zero attached hydrogens (tertiary/aromatic N) is 1. The number of carbonyl (C=O) groups excluding carboxylic acids is 1. The van der Waals surface area contributed by atoms with Gasteiger partial charge in [-0.1, -0.05) is 66.7 Å². The molecule has 1 aromatic rings. The van der Waals surface area contributed by atoms with Gasteiger partial charge >= 0.3 is 6.03 Å². The van der Waals surface area contributed by atoms with E-state index >= 15 is 0 Å². The molecule has 0 heterocycles. The third kappa shape index (κ3) is 5.27. The maximum absolute atomic E-state index is 13.1. The first-order valence-electron chi connectivity index (χ1n) is 10.7. The summed E-state index contributed by atoms with van der Waals surface area (Å²) in [5.41, 5.74) is 3.83. The zero-order chi connectivity index (χ0) is 20.4. The summed E-state index contributed by atoms with van der Waals surface area (Å²) in [5.74, 6) is 1.53. The van der Waals surface area contributed by atoms with Crippen molar-refractivity contribution >= 4 is 11.7 Å². The number of rotatable bonds is 4. The molecule has 1 aromatic carbocycles. The van der Waals surface area contributed by atoms with E-state index in [9.17, 15) is 4.79 Å². The smallest absolute Gasteiger partial charge is 0.321 e. The molecule has 3 heteroatoms. The van der Waals surface area contributed by atoms with Crippen molar-refractivity contribution < 1.29 is 4.79 Å². The minimum Gasteiger partial charge on any atom is -0.325 e. The molecule has 2 amide bonds. The van der Waals surface area contributed by atoms with Crippen LogP contribution in [-0.2, 0) is 0 Å². The second-order valence-corrected chi connectivity index (χ2v) is 10.0. The Morgan fingerprint density at radius 3 is 1.89 bits per heavy atom. The number of benzene rings is 1. The summed E-state index contributed by atoms with van der Waals surface area (Å²) in [6.45, 7) is 15.8. The summed E-state index contributed by atoms with van der Waals surface area (Å²) in [4.78, 5) is 15.0. The van der Waals surface area contributed by atoms with Gasteiger partial charge in [0.15, 0.2) is 0 Å². The fourth-order valence-corrected chi connectivity index (χ4v) is 4.39. The number of carbonyl (C=O) groups is 1. The zero-order valence-corrected chi connectivity index (χ0v) is 18.7. The van der Waals surface area contributed by atoms with Crippen LogP contribution in [0.4, 0.5) is 10.5 Å². The van der Waals surface area contributed by atoms with Crippen LogP contribution in [0.5, 0.6) is 0 Å². The van der Waals surface area contributed by atoms with Crippen LogP contribution in [0, 0.1) is 11.3 Å². The topological polar surface area (TPSA) is 32.3 Å². The molecule has 0 aromatic heterocycles. The minimum atomic E-state index is 0.0317. The molecule has 1 saturated carbocycles. The van der Waals surface area contributed by atoms with Gasteiger partial charge in [-0.15, -0.1) is 0 Å². The fraction of sp³-hybridized carbons (Fsp3) is 0.708. The van der Waals surface area contributed by atoms with E-state index in [1.165, 1.54) is 24.0 Å². The molecule has 0 aliphatic heterocycles. The zero-order valence-electron chi connectivity index (χ0n) is 18.7. The molecular formula is C24H40N2O. The number of anilines is 1. The average molecular weight is 373 g/mol. The Labute approximate surface area is 166 Å². The Kier molecular flexibility index (Phi) is 6.99. The van der Waals surface area contributed by atoms with Gasteiger partial charge in [0.1, 0.15) is 0 Å². The summed E-state index contributed by atoms with van der Waals surface area (Å²) < 4.78 is 0. The van der Waals surface area contributed by atoms with Gasteiger partial charge in [0.2, 0.25) is 0 Å². The standard InChI is InChI=1S/C24H40N2O/c1-16(2)20-10-9-11-21(17(3)4)22(20)25-23(27)26(8)19-14-12-18(13-15-19)24(5,6)7/h9-11,16-19H,12-15H2,1-8H3,(H,25,27). The summed E-state index contributed by atoms with van der Waals surface area (Å²) in [6, 6.07) is 6.76. The van der Waals surface area contributed by atoms with Crippen molar-refractivity contribution in [3.8, 4) is 0 Å². The van der Waals surface area contributed by atoms with Gasteiger partial charge < -0.3 is 10.2 Å². The summed E-state index contributed by atoms with van der Waals surface area (Å²) >= 11 is 0. The highest BCUT2D eigenvalue weighted by Crippen LogP contribution is 2.39. The number of hydrogen-bond acceptors (Lipinski definition) is 1. The molecule has 0 saturated heterocycles. The molecule has 152 valence electrons. The van der Waals surface area contributed by atoms with E-state index in [1.54, 1.807) is 0 Å². The van der Waals surface area contributed by atoms with Crippen LogP contribution in [0.25, 0.3) is 0 Å². The lowest BCUT2D eigenvalue weighted by Gasteiger charge is -2.40. The Morgan fingerprint density at radius 2 is 1.48 bits per heavy atom. The highest BCUT2D eigenvalue weighted by atomic mass is 16.2. The molecule has 3 nitrogen and oxygen atoms in total. The number of hydrogen-bond donors (Lipinski definition) is 1. The molecule has 1 aliphatic rings. The molecule has 1 aliphatic carbocycles. The first-order chi connectivity index (χ1) is 12.5. The van der Waals surface area contributed by atoms with E-state index in [1.807, 2.05) is 11.9 Å². The molecule has 27 heavy (non-hydrogen) atoms. The maximum Gasteiger partial charge on any atom is 0.321 e. The van der Waals surface area contributed by atoms with Gasteiger partial charge in [-0.05, 0) is 60.0 Å². The lowest BCUT2D eigenvalue weighted by molar-refractivity contribution is 0.124. The largest absolute Gasteiger partial charge is 0.325 e. The Bertz CT molecular complexity index is 608. The first-order valence-corrected chi connectivity index (χ1v) is 10.7. The Balaban J connectivity index is 2.11. The van der Waals surface area contributed by atoms with E-state index in [4.69, 9.17) is 0 Å². The second-order valence-electron chi connectivity index (χ2n) is 10.0. The lowest BCUT2D eigenvalue weighted by atomic mass is 9.71. The number of nitrogens with one attached hydrogen (secondary N) is 1. The fourth-order valence-electron chi connectivity index (χ4n) is 4.39. The highest BCUT2D eigenvalue weighted by Gasteiger charge is 2.32. The van der Waals surface area contributed by atoms with Crippen molar-refractivity contribution in [1.82, 2.24) is 4.90 Å². The predicted molar refractivity (Wildman–Crippen MR) is 117 cm³/mol. The lowest BCUT2D eigenvalue weighted by Crippen LogP contribution is -2.43. The summed E-state index contributed by atoms with van der Waals surface area (Å²) in [7, 11) is 1.96. The van der Waals surface area contributed by atoms with E-state index in [-0.39, 0.29) is 6.03 Å². The molecule has 2 rings (SSSR count). The molecule has 0 atom stereocenters. The predicted octanol–water partition coefficient (Wildman–Crippen LogP) is 7.00. The van der Waals surface area contributed by atoms with E-state index in [2.05, 4.69) is 72.0 Å². The third-order valence-corrected chi connectivity index (χ3v) is 6.39. The van der Waals surface area contributed by atoms with Crippen molar-refractivity contribution in [3.63, 3.8) is 0 Å². The number of para-hydroxylation sites is 1. The van der Waals surface area contributed by atoms with Crippen molar-refractivity contribution in [3.05, 3.63) is 29.3 Å². The normalized spacial score (nSPS) is 20.8. The van der Waals surface area contributed by atoms with Gasteiger partial charge in [0, 0.05) is 18.8 Å². The quantitative estimate of drug-likeness (QED) is 0.606. The molecule has 1 N–H and O–H groups in total. The van der Waals surface area contributed by atoms with Crippen molar-refractivity contribution in [1.29, 1.82) is 0 Å². The van der Waals surface area contributed by atoms with Gasteiger partial charge in [0.05, 0.1) is 0 Å². The van der Waals surface area contributed by atoms with Crippen LogP contribution < -0.4 is 5.32 Å². The first kappa shape index (κ1) is 21.8. The van der Waals surface area contributed by atoms with Crippen LogP contribution in [0.2, 0.25) is 0 Å². The molecular weight excluding hydrogens is 332 g/mol. The minimum absolute atomic E-state index is 0.0317. The summed E-state index contributed by atoms with van der Waals surface area (Å²) in [6.07, 6.45) is 4.64. The molecule has 0 spiro atoms. The van der Waals surface area contributed by atoms with Gasteiger partial charge in [-0.2, -0.15) is 0 Å². The van der Waals surface area contributed by atoms with E-state index in [0.29, 0.717) is 23.3 Å². The monoisotopic (exact) mass is 372 g/mol. The van der Waals surface area contributed by atoms with Crippen LogP contribution in [-0.4, -0.2) is 24.0 Å². The van der Waals surface area contributed by atoms with Crippen LogP contribution in [0.3, 0.4) is 0 Å². The van der Waals surface area contributed by atoms with Crippen molar-refractivity contribution in [2.45, 2.75) is 92.0 Å². The van der Waals surface area contributed by atoms with Gasteiger partial charge in [-0.3, -0.25) is 0 Å². The molecule has 0 unspecified atom stereocenters. The molecule has 0 radical (unpaired) electrons. The second kappa shape index (κ2) is 8.67. The third-order valence-electron chi connectivity index (χ3n) is 6.39. The van der Waals surface area contributed by atoms with Crippen molar-refractivity contribution in [2.24, 2.45) is 11.3 Å². The van der Waals surface area contributed by atoms with Gasteiger partial charge in [0.25, 0.3) is 0 Å². The SMILES string of the molecule is CC(C)c1cccc(C(C)C)c1NC(=O)N(C)C1CCC(C(C)(C)C)CC1.